The Balaban J connectivity index is 1.21. The second-order valence-electron chi connectivity index (χ2n) is 7.74. The van der Waals surface area contributed by atoms with Crippen molar-refractivity contribution in [1.82, 2.24) is 5.32 Å². The van der Waals surface area contributed by atoms with E-state index in [0.29, 0.717) is 18.4 Å². The molecule has 5 rings (SSSR count). The first-order valence-corrected chi connectivity index (χ1v) is 10.0. The lowest BCUT2D eigenvalue weighted by atomic mass is 9.52. The Kier molecular flexibility index (Phi) is 4.61. The Morgan fingerprint density at radius 2 is 1.83 bits per heavy atom. The van der Waals surface area contributed by atoms with Gasteiger partial charge in [-0.2, -0.15) is 0 Å². The molecule has 4 aliphatic rings. The topological polar surface area (TPSA) is 55.4 Å². The average Bonchev–Trinajstić information content (AvgIpc) is 3.05. The lowest BCUT2D eigenvalue weighted by Gasteiger charge is -2.53. The summed E-state index contributed by atoms with van der Waals surface area (Å²) in [4.78, 5) is 25.6. The molecular weight excluding hydrogens is 322 g/mol. The Bertz CT molecular complexity index is 570. The molecule has 1 aromatic rings. The number of amides is 1. The fraction of sp³-hybridized carbons (Fsp3) is 0.684. The highest BCUT2D eigenvalue weighted by Gasteiger charge is 2.51. The molecule has 4 aliphatic carbocycles. The fourth-order valence-electron chi connectivity index (χ4n) is 5.37. The summed E-state index contributed by atoms with van der Waals surface area (Å²) in [5.74, 6) is 2.44. The second kappa shape index (κ2) is 6.87. The summed E-state index contributed by atoms with van der Waals surface area (Å²) in [7, 11) is 0. The lowest BCUT2D eigenvalue weighted by molar-refractivity contribution is -0.164. The van der Waals surface area contributed by atoms with Crippen LogP contribution in [0.1, 0.15) is 37.0 Å². The largest absolute Gasteiger partial charge is 0.455 e. The summed E-state index contributed by atoms with van der Waals surface area (Å²) in [5.41, 5.74) is 0. The maximum absolute atomic E-state index is 12.5. The summed E-state index contributed by atoms with van der Waals surface area (Å²) in [6, 6.07) is 4.07. The van der Waals surface area contributed by atoms with Gasteiger partial charge in [0.1, 0.15) is 0 Å². The van der Waals surface area contributed by atoms with Crippen molar-refractivity contribution in [2.24, 2.45) is 29.6 Å². The number of rotatable bonds is 6. The van der Waals surface area contributed by atoms with Crippen LogP contribution in [0.4, 0.5) is 0 Å². The van der Waals surface area contributed by atoms with Gasteiger partial charge in [-0.05, 0) is 73.6 Å². The van der Waals surface area contributed by atoms with Crippen LogP contribution in [0, 0.1) is 29.6 Å². The maximum atomic E-state index is 12.5. The molecule has 4 nitrogen and oxygen atoms in total. The van der Waals surface area contributed by atoms with Gasteiger partial charge in [-0.1, -0.05) is 6.07 Å². The normalized spacial score (nSPS) is 33.4. The van der Waals surface area contributed by atoms with E-state index in [0.717, 1.165) is 18.3 Å². The first kappa shape index (κ1) is 16.1. The number of hydrogen-bond acceptors (Lipinski definition) is 4. The molecular formula is C19H25NO3S. The molecule has 0 atom stereocenters. The van der Waals surface area contributed by atoms with Gasteiger partial charge in [-0.15, -0.1) is 11.3 Å². The predicted octanol–water partition coefficient (Wildman–Crippen LogP) is 3.02. The number of ether oxygens (including phenoxy) is 1. The number of nitrogens with one attached hydrogen (secondary N) is 1. The Morgan fingerprint density at radius 1 is 1.12 bits per heavy atom. The first-order valence-electron chi connectivity index (χ1n) is 9.14. The molecule has 0 saturated heterocycles. The Labute approximate surface area is 147 Å². The molecule has 1 heterocycles. The van der Waals surface area contributed by atoms with Crippen LogP contribution in [-0.2, 0) is 20.7 Å². The van der Waals surface area contributed by atoms with E-state index in [4.69, 9.17) is 4.74 Å². The van der Waals surface area contributed by atoms with Crippen molar-refractivity contribution in [3.05, 3.63) is 22.4 Å². The highest BCUT2D eigenvalue weighted by Crippen LogP contribution is 2.56. The molecule has 130 valence electrons. The van der Waals surface area contributed by atoms with Gasteiger partial charge in [0, 0.05) is 11.4 Å². The molecule has 1 N–H and O–H groups in total. The van der Waals surface area contributed by atoms with Crippen LogP contribution in [0.5, 0.6) is 0 Å². The van der Waals surface area contributed by atoms with Crippen LogP contribution in [0.25, 0.3) is 0 Å². The Hall–Kier alpha value is -1.36. The van der Waals surface area contributed by atoms with Gasteiger partial charge in [-0.3, -0.25) is 9.59 Å². The number of thiophene rings is 1. The zero-order valence-corrected chi connectivity index (χ0v) is 14.7. The molecule has 0 spiro atoms. The van der Waals surface area contributed by atoms with Gasteiger partial charge in [0.15, 0.2) is 6.61 Å². The van der Waals surface area contributed by atoms with Crippen LogP contribution in [0.2, 0.25) is 0 Å². The second-order valence-corrected chi connectivity index (χ2v) is 8.78. The minimum absolute atomic E-state index is 0.0525. The van der Waals surface area contributed by atoms with E-state index in [9.17, 15) is 9.59 Å². The van der Waals surface area contributed by atoms with Gasteiger partial charge >= 0.3 is 5.97 Å². The van der Waals surface area contributed by atoms with Gasteiger partial charge in [0.05, 0.1) is 5.92 Å². The third kappa shape index (κ3) is 3.37. The van der Waals surface area contributed by atoms with Crippen molar-refractivity contribution >= 4 is 23.2 Å². The molecule has 1 aromatic heterocycles. The van der Waals surface area contributed by atoms with Gasteiger partial charge in [0.2, 0.25) is 0 Å². The SMILES string of the molecule is O=C(COC(=O)C1C2CC3CC(C2)CC1C3)NCCc1cccs1. The van der Waals surface area contributed by atoms with Gasteiger partial charge in [0.25, 0.3) is 5.91 Å². The molecule has 4 saturated carbocycles. The Morgan fingerprint density at radius 3 is 2.46 bits per heavy atom. The van der Waals surface area contributed by atoms with Crippen molar-refractivity contribution in [2.45, 2.75) is 38.5 Å². The van der Waals surface area contributed by atoms with Crippen LogP contribution in [0.15, 0.2) is 17.5 Å². The smallest absolute Gasteiger partial charge is 0.310 e. The molecule has 4 fully saturated rings. The maximum Gasteiger partial charge on any atom is 0.310 e. The molecule has 0 radical (unpaired) electrons. The lowest BCUT2D eigenvalue weighted by Crippen LogP contribution is -2.48. The van der Waals surface area contributed by atoms with Crippen molar-refractivity contribution in [1.29, 1.82) is 0 Å². The van der Waals surface area contributed by atoms with E-state index in [1.807, 2.05) is 11.4 Å². The predicted molar refractivity (Wildman–Crippen MR) is 92.5 cm³/mol. The highest BCUT2D eigenvalue weighted by molar-refractivity contribution is 7.09. The van der Waals surface area contributed by atoms with E-state index in [1.165, 1.54) is 37.0 Å². The monoisotopic (exact) mass is 347 g/mol. The van der Waals surface area contributed by atoms with E-state index in [-0.39, 0.29) is 24.4 Å². The third-order valence-electron chi connectivity index (χ3n) is 6.12. The van der Waals surface area contributed by atoms with E-state index in [2.05, 4.69) is 11.4 Å². The summed E-state index contributed by atoms with van der Waals surface area (Å²) in [6.07, 6.45) is 6.98. The van der Waals surface area contributed by atoms with Gasteiger partial charge < -0.3 is 10.1 Å². The van der Waals surface area contributed by atoms with E-state index >= 15 is 0 Å². The molecule has 0 unspecified atom stereocenters. The molecule has 24 heavy (non-hydrogen) atoms. The van der Waals surface area contributed by atoms with Gasteiger partial charge in [-0.25, -0.2) is 0 Å². The number of carbonyl (C=O) groups is 2. The van der Waals surface area contributed by atoms with Crippen molar-refractivity contribution in [3.63, 3.8) is 0 Å². The van der Waals surface area contributed by atoms with Crippen molar-refractivity contribution in [2.75, 3.05) is 13.2 Å². The van der Waals surface area contributed by atoms with Crippen LogP contribution >= 0.6 is 11.3 Å². The fourth-order valence-corrected chi connectivity index (χ4v) is 6.08. The molecule has 1 amide bonds. The first-order chi connectivity index (χ1) is 11.7. The summed E-state index contributed by atoms with van der Waals surface area (Å²) >= 11 is 1.69. The molecule has 5 heteroatoms. The van der Waals surface area contributed by atoms with Crippen molar-refractivity contribution in [3.8, 4) is 0 Å². The average molecular weight is 347 g/mol. The molecule has 0 aromatic carbocycles. The summed E-state index contributed by atoms with van der Waals surface area (Å²) in [6.45, 7) is 0.459. The number of carbonyl (C=O) groups excluding carboxylic acids is 2. The molecule has 0 aliphatic heterocycles. The zero-order chi connectivity index (χ0) is 16.5. The quantitative estimate of drug-likeness (QED) is 0.805. The molecule has 4 bridgehead atoms. The van der Waals surface area contributed by atoms with Crippen LogP contribution in [0.3, 0.4) is 0 Å². The summed E-state index contributed by atoms with van der Waals surface area (Å²) < 4.78 is 5.37. The number of hydrogen-bond donors (Lipinski definition) is 1. The minimum atomic E-state index is -0.191. The van der Waals surface area contributed by atoms with E-state index in [1.54, 1.807) is 11.3 Å². The summed E-state index contributed by atoms with van der Waals surface area (Å²) in [5, 5.41) is 4.87. The highest BCUT2D eigenvalue weighted by atomic mass is 32.1. The number of esters is 1. The standard InChI is InChI=1S/C19H25NO3S/c21-17(20-4-3-16-2-1-5-24-16)11-23-19(22)18-14-7-12-6-13(9-14)10-15(18)8-12/h1-2,5,12-15,18H,3-4,6-11H2,(H,20,21). The zero-order valence-electron chi connectivity index (χ0n) is 13.9. The van der Waals surface area contributed by atoms with Crippen molar-refractivity contribution < 1.29 is 14.3 Å². The van der Waals surface area contributed by atoms with E-state index < -0.39 is 0 Å². The third-order valence-corrected chi connectivity index (χ3v) is 7.05. The minimum Gasteiger partial charge on any atom is -0.455 e. The van der Waals surface area contributed by atoms with Crippen LogP contribution < -0.4 is 5.32 Å². The van der Waals surface area contributed by atoms with Crippen LogP contribution in [-0.4, -0.2) is 25.0 Å².